The molecule has 0 radical (unpaired) electrons. The fourth-order valence-corrected chi connectivity index (χ4v) is 0. The number of nitrogens with zero attached hydrogens (tertiary/aromatic N) is 1. The number of carbonyl (C=O) groups excluding carboxylic acids is 1. The molecular weight excluding hydrogens is 188 g/mol. The third kappa shape index (κ3) is 116. The van der Waals surface area contributed by atoms with Crippen molar-refractivity contribution in [1.29, 1.82) is 0 Å². The van der Waals surface area contributed by atoms with Gasteiger partial charge in [-0.05, 0) is 0 Å². The maximum atomic E-state index is 9.43. The van der Waals surface area contributed by atoms with E-state index < -0.39 is 10.2 Å². The van der Waals surface area contributed by atoms with Gasteiger partial charge in [0.2, 0.25) is 6.41 Å². The third-order valence-corrected chi connectivity index (χ3v) is 0.211. The van der Waals surface area contributed by atoms with Gasteiger partial charge in [0.1, 0.15) is 0 Å². The smallest absolute Gasteiger partial charge is 0.351 e. The van der Waals surface area contributed by atoms with Crippen LogP contribution in [0.25, 0.3) is 0 Å². The molecule has 0 unspecified atom stereocenters. The van der Waals surface area contributed by atoms with Crippen molar-refractivity contribution < 1.29 is 63.2 Å². The molecule has 0 fully saturated rings. The Morgan fingerprint density at radius 2 is 1.27 bits per heavy atom. The van der Waals surface area contributed by atoms with Crippen molar-refractivity contribution >= 4 is 6.41 Å². The van der Waals surface area contributed by atoms with Crippen molar-refractivity contribution in [3.63, 3.8) is 0 Å². The molecule has 0 atom stereocenters. The largest absolute Gasteiger partial charge is 1.00 e. The summed E-state index contributed by atoms with van der Waals surface area (Å²) in [6, 6.07) is 0. The topological polar surface area (TPSA) is 113 Å². The number of carbonyl (C=O) groups is 1. The molecule has 0 heterocycles. The van der Waals surface area contributed by atoms with Crippen LogP contribution in [0.1, 0.15) is 0 Å². The van der Waals surface area contributed by atoms with E-state index in [9.17, 15) is 4.79 Å². The molecule has 0 aliphatic carbocycles. The molecule has 8 heteroatoms. The molecule has 0 saturated heterocycles. The summed E-state index contributed by atoms with van der Waals surface area (Å²) in [7, 11) is -1.57. The second kappa shape index (κ2) is 8.69. The number of halogens is 1. The zero-order valence-corrected chi connectivity index (χ0v) is 9.20. The monoisotopic (exact) mass is 195 g/mol. The van der Waals surface area contributed by atoms with Gasteiger partial charge in [-0.25, -0.2) is 18.6 Å². The van der Waals surface area contributed by atoms with Gasteiger partial charge in [0.15, 0.2) is 0 Å². The molecule has 0 aromatic rings. The first-order chi connectivity index (χ1) is 4.27. The maximum Gasteiger partial charge on any atom is 1.00 e. The summed E-state index contributed by atoms with van der Waals surface area (Å²) >= 11 is 0. The second-order valence-electron chi connectivity index (χ2n) is 1.45. The molecule has 6 nitrogen and oxygen atoms in total. The van der Waals surface area contributed by atoms with Crippen molar-refractivity contribution in [2.75, 3.05) is 14.1 Å². The Hall–Kier alpha value is 0.600. The van der Waals surface area contributed by atoms with Gasteiger partial charge in [0, 0.05) is 14.1 Å². The Morgan fingerprint density at radius 3 is 1.27 bits per heavy atom. The van der Waals surface area contributed by atoms with Crippen LogP contribution in [-0.2, 0) is 4.79 Å². The zero-order valence-electron chi connectivity index (χ0n) is 6.44. The van der Waals surface area contributed by atoms with Gasteiger partial charge < -0.3 is 4.90 Å². The molecule has 0 rings (SSSR count). The molecule has 11 heavy (non-hydrogen) atoms. The molecule has 62 valence electrons. The molecule has 0 aromatic heterocycles. The molecule has 0 bridgehead atoms. The van der Waals surface area contributed by atoms with Gasteiger partial charge in [-0.3, -0.25) is 4.79 Å². The van der Waals surface area contributed by atoms with E-state index in [1.807, 2.05) is 0 Å². The van der Waals surface area contributed by atoms with Crippen molar-refractivity contribution in [1.82, 2.24) is 4.90 Å². The number of rotatable bonds is 1. The minimum atomic E-state index is -4.94. The minimum Gasteiger partial charge on any atom is -0.351 e. The van der Waals surface area contributed by atoms with Gasteiger partial charge in [-0.2, -0.15) is 0 Å². The first-order valence-corrected chi connectivity index (χ1v) is 3.24. The summed E-state index contributed by atoms with van der Waals surface area (Å²) in [6.07, 6.45) is 0.750. The van der Waals surface area contributed by atoms with Gasteiger partial charge in [0.05, 0.1) is 0 Å². The van der Waals surface area contributed by atoms with Crippen molar-refractivity contribution in [2.45, 2.75) is 0 Å². The summed E-state index contributed by atoms with van der Waals surface area (Å²) in [5.41, 5.74) is 0. The predicted molar refractivity (Wildman–Crippen MR) is 19.8 cm³/mol. The summed E-state index contributed by atoms with van der Waals surface area (Å²) < 4.78 is 34.0. The van der Waals surface area contributed by atoms with Crippen LogP contribution in [0.5, 0.6) is 0 Å². The van der Waals surface area contributed by atoms with Gasteiger partial charge in [0.25, 0.3) is 0 Å². The number of hydrogen-bond acceptors (Lipinski definition) is 5. The summed E-state index contributed by atoms with van der Waals surface area (Å²) in [6.45, 7) is 0. The van der Waals surface area contributed by atoms with Crippen LogP contribution >= 0.6 is 0 Å². The molecule has 1 amide bonds. The number of hydrogen-bond donors (Lipinski definition) is 0. The Kier molecular flexibility index (Phi) is 13.9. The maximum absolute atomic E-state index is 9.43. The van der Waals surface area contributed by atoms with E-state index >= 15 is 0 Å². The zero-order chi connectivity index (χ0) is 8.78. The first kappa shape index (κ1) is 17.6. The van der Waals surface area contributed by atoms with E-state index in [2.05, 4.69) is 0 Å². The second-order valence-corrected chi connectivity index (χ2v) is 2.20. The van der Waals surface area contributed by atoms with Gasteiger partial charge >= 0.3 is 29.6 Å². The number of amides is 1. The van der Waals surface area contributed by atoms with E-state index in [0.29, 0.717) is 0 Å². The van der Waals surface area contributed by atoms with Crippen LogP contribution < -0.4 is 48.2 Å². The van der Waals surface area contributed by atoms with Crippen molar-refractivity contribution in [3.8, 4) is 0 Å². The van der Waals surface area contributed by atoms with Crippen LogP contribution in [0.2, 0.25) is 0 Å². The van der Waals surface area contributed by atoms with E-state index in [1.54, 1.807) is 14.1 Å². The van der Waals surface area contributed by atoms with Crippen molar-refractivity contribution in [2.24, 2.45) is 0 Å². The van der Waals surface area contributed by atoms with Gasteiger partial charge in [-0.1, -0.05) is 0 Å². The Balaban J connectivity index is -0.000000107. The summed E-state index contributed by atoms with van der Waals surface area (Å²) in [4.78, 5) is 10.9. The SMILES string of the molecule is CN(C)C=O.[Na+].[O-][Cl+3]([O-])([O-])[O-]. The van der Waals surface area contributed by atoms with Crippen LogP contribution in [0.3, 0.4) is 0 Å². The molecule has 0 aromatic carbocycles. The van der Waals surface area contributed by atoms with Crippen molar-refractivity contribution in [3.05, 3.63) is 0 Å². The standard InChI is InChI=1S/C3H7NO.ClHO4.Na/c1-4(2)3-5;2-1(3,4)5;/h3H,1-2H3;(H,2,3,4,5);/q;;+1/p-1. The quantitative estimate of drug-likeness (QED) is 0.305. The molecule has 0 saturated carbocycles. The molecular formula is C3H7ClNNaO5. The van der Waals surface area contributed by atoms with Crippen LogP contribution in [0, 0.1) is 10.2 Å². The molecule has 0 N–H and O–H groups in total. The average Bonchev–Trinajstić information content (AvgIpc) is 1.61. The van der Waals surface area contributed by atoms with E-state index in [-0.39, 0.29) is 29.6 Å². The van der Waals surface area contributed by atoms with Crippen LogP contribution in [0.15, 0.2) is 0 Å². The minimum absolute atomic E-state index is 0. The predicted octanol–water partition coefficient (Wildman–Crippen LogP) is -8.05. The Labute approximate surface area is 88.4 Å². The normalized spacial score (nSPS) is 8.55. The Morgan fingerprint density at radius 1 is 1.18 bits per heavy atom. The molecule has 0 spiro atoms. The van der Waals surface area contributed by atoms with Gasteiger partial charge in [-0.15, -0.1) is 10.2 Å². The molecule has 0 aliphatic rings. The average molecular weight is 196 g/mol. The third-order valence-electron chi connectivity index (χ3n) is 0.211. The first-order valence-electron chi connectivity index (χ1n) is 2.01. The van der Waals surface area contributed by atoms with Crippen LogP contribution in [-0.4, -0.2) is 25.4 Å². The fourth-order valence-electron chi connectivity index (χ4n) is 0. The summed E-state index contributed by atoms with van der Waals surface area (Å²) in [5, 5.41) is 0. The van der Waals surface area contributed by atoms with E-state index in [4.69, 9.17) is 18.6 Å². The van der Waals surface area contributed by atoms with E-state index in [1.165, 1.54) is 4.90 Å². The van der Waals surface area contributed by atoms with Crippen LogP contribution in [0.4, 0.5) is 0 Å². The molecule has 0 aliphatic heterocycles. The summed E-state index contributed by atoms with van der Waals surface area (Å²) in [5.74, 6) is 0. The Bertz CT molecular complexity index is 88.2. The fraction of sp³-hybridized carbons (Fsp3) is 0.667. The van der Waals surface area contributed by atoms with E-state index in [0.717, 1.165) is 6.41 Å².